The van der Waals surface area contributed by atoms with Crippen LogP contribution in [0.5, 0.6) is 0 Å². The Morgan fingerprint density at radius 3 is 2.77 bits per heavy atom. The van der Waals surface area contributed by atoms with Crippen molar-refractivity contribution in [3.63, 3.8) is 0 Å². The molecule has 1 aliphatic heterocycles. The van der Waals surface area contributed by atoms with Gasteiger partial charge in [0.05, 0.1) is 6.42 Å². The molecule has 0 aliphatic carbocycles. The third-order valence-corrected chi connectivity index (χ3v) is 4.37. The van der Waals surface area contributed by atoms with E-state index >= 15 is 0 Å². The van der Waals surface area contributed by atoms with Crippen LogP contribution in [0.4, 0.5) is 0 Å². The first-order chi connectivity index (χ1) is 10.8. The third kappa shape index (κ3) is 3.73. The largest absolute Gasteiger partial charge is 0.342 e. The van der Waals surface area contributed by atoms with Crippen LogP contribution in [0, 0.1) is 0 Å². The van der Waals surface area contributed by atoms with Crippen molar-refractivity contribution in [1.29, 1.82) is 0 Å². The van der Waals surface area contributed by atoms with Crippen LogP contribution < -0.4 is 0 Å². The van der Waals surface area contributed by atoms with Crippen LogP contribution in [-0.4, -0.2) is 28.9 Å². The summed E-state index contributed by atoms with van der Waals surface area (Å²) in [5, 5.41) is 0. The average molecular weight is 294 g/mol. The Balaban J connectivity index is 1.68. The molecule has 1 amide bonds. The first-order valence-corrected chi connectivity index (χ1v) is 8.04. The number of hydrogen-bond donors (Lipinski definition) is 0. The van der Waals surface area contributed by atoms with Crippen molar-refractivity contribution in [1.82, 2.24) is 9.88 Å². The Morgan fingerprint density at radius 1 is 1.14 bits per heavy atom. The first kappa shape index (κ1) is 14.8. The van der Waals surface area contributed by atoms with Gasteiger partial charge in [-0.2, -0.15) is 0 Å². The first-order valence-electron chi connectivity index (χ1n) is 8.04. The molecule has 1 fully saturated rings. The lowest BCUT2D eigenvalue weighted by molar-refractivity contribution is -0.130. The summed E-state index contributed by atoms with van der Waals surface area (Å²) in [5.41, 5.74) is 2.34. The van der Waals surface area contributed by atoms with Gasteiger partial charge in [-0.3, -0.25) is 9.78 Å². The Labute approximate surface area is 132 Å². The number of pyridine rings is 1. The fraction of sp³-hybridized carbons (Fsp3) is 0.368. The highest BCUT2D eigenvalue weighted by atomic mass is 16.2. The van der Waals surface area contributed by atoms with E-state index in [1.807, 2.05) is 23.1 Å². The highest BCUT2D eigenvalue weighted by molar-refractivity contribution is 5.78. The zero-order valence-corrected chi connectivity index (χ0v) is 12.8. The van der Waals surface area contributed by atoms with Gasteiger partial charge < -0.3 is 4.90 Å². The number of carbonyl (C=O) groups is 1. The molecule has 1 aliphatic rings. The van der Waals surface area contributed by atoms with E-state index in [1.165, 1.54) is 18.4 Å². The minimum atomic E-state index is 0.218. The number of aromatic nitrogens is 1. The maximum absolute atomic E-state index is 12.6. The Kier molecular flexibility index (Phi) is 4.84. The van der Waals surface area contributed by atoms with Gasteiger partial charge in [0.2, 0.25) is 5.91 Å². The molecule has 1 saturated heterocycles. The van der Waals surface area contributed by atoms with Gasteiger partial charge >= 0.3 is 0 Å². The lowest BCUT2D eigenvalue weighted by Crippen LogP contribution is -2.35. The molecule has 22 heavy (non-hydrogen) atoms. The topological polar surface area (TPSA) is 33.2 Å². The third-order valence-electron chi connectivity index (χ3n) is 4.37. The van der Waals surface area contributed by atoms with Crippen LogP contribution >= 0.6 is 0 Å². The zero-order chi connectivity index (χ0) is 15.2. The Morgan fingerprint density at radius 2 is 2.00 bits per heavy atom. The van der Waals surface area contributed by atoms with E-state index in [4.69, 9.17) is 0 Å². The standard InChI is InChI=1S/C19H22N2O/c22-19(13-16-7-6-11-20-14-16)21-12-5-4-10-18(15-21)17-8-2-1-3-9-17/h1-3,6-9,11,14,18H,4-5,10,12-13,15H2. The van der Waals surface area contributed by atoms with Gasteiger partial charge in [-0.05, 0) is 30.0 Å². The number of nitrogens with zero attached hydrogens (tertiary/aromatic N) is 2. The maximum Gasteiger partial charge on any atom is 0.227 e. The van der Waals surface area contributed by atoms with Crippen molar-refractivity contribution in [3.05, 3.63) is 66.0 Å². The van der Waals surface area contributed by atoms with Crippen LogP contribution in [0.3, 0.4) is 0 Å². The fourth-order valence-electron chi connectivity index (χ4n) is 3.15. The van der Waals surface area contributed by atoms with Gasteiger partial charge in [-0.1, -0.05) is 42.8 Å². The van der Waals surface area contributed by atoms with Crippen molar-refractivity contribution in [2.24, 2.45) is 0 Å². The predicted molar refractivity (Wildman–Crippen MR) is 87.6 cm³/mol. The summed E-state index contributed by atoms with van der Waals surface area (Å²) in [6.07, 6.45) is 7.43. The number of carbonyl (C=O) groups excluding carboxylic acids is 1. The van der Waals surface area contributed by atoms with Crippen molar-refractivity contribution in [2.45, 2.75) is 31.6 Å². The summed E-state index contributed by atoms with van der Waals surface area (Å²) >= 11 is 0. The summed E-state index contributed by atoms with van der Waals surface area (Å²) in [6.45, 7) is 1.71. The summed E-state index contributed by atoms with van der Waals surface area (Å²) in [7, 11) is 0. The van der Waals surface area contributed by atoms with E-state index in [0.29, 0.717) is 12.3 Å². The molecule has 2 aromatic rings. The van der Waals surface area contributed by atoms with Gasteiger partial charge in [0.15, 0.2) is 0 Å². The maximum atomic E-state index is 12.6. The Bertz CT molecular complexity index is 597. The predicted octanol–water partition coefficient (Wildman–Crippen LogP) is 3.42. The Hall–Kier alpha value is -2.16. The molecule has 1 unspecified atom stereocenters. The van der Waals surface area contributed by atoms with E-state index < -0.39 is 0 Å². The number of rotatable bonds is 3. The average Bonchev–Trinajstić information content (AvgIpc) is 2.83. The normalized spacial score (nSPS) is 18.7. The van der Waals surface area contributed by atoms with Crippen LogP contribution in [0.25, 0.3) is 0 Å². The summed E-state index contributed by atoms with van der Waals surface area (Å²) in [5.74, 6) is 0.678. The zero-order valence-electron chi connectivity index (χ0n) is 12.8. The second kappa shape index (κ2) is 7.21. The molecule has 3 nitrogen and oxygen atoms in total. The van der Waals surface area contributed by atoms with Crippen LogP contribution in [-0.2, 0) is 11.2 Å². The molecule has 0 N–H and O–H groups in total. The molecule has 1 aromatic carbocycles. The molecule has 1 aromatic heterocycles. The number of hydrogen-bond acceptors (Lipinski definition) is 2. The van der Waals surface area contributed by atoms with Crippen molar-refractivity contribution < 1.29 is 4.79 Å². The van der Waals surface area contributed by atoms with Gasteiger partial charge in [-0.15, -0.1) is 0 Å². The summed E-state index contributed by atoms with van der Waals surface area (Å²) in [6, 6.07) is 14.4. The van der Waals surface area contributed by atoms with E-state index in [1.54, 1.807) is 12.4 Å². The van der Waals surface area contributed by atoms with E-state index in [2.05, 4.69) is 29.2 Å². The fourth-order valence-corrected chi connectivity index (χ4v) is 3.15. The molecule has 1 atom stereocenters. The van der Waals surface area contributed by atoms with E-state index in [0.717, 1.165) is 25.1 Å². The molecule has 2 heterocycles. The quantitative estimate of drug-likeness (QED) is 0.869. The van der Waals surface area contributed by atoms with E-state index in [9.17, 15) is 4.79 Å². The highest BCUT2D eigenvalue weighted by Crippen LogP contribution is 2.26. The van der Waals surface area contributed by atoms with Gasteiger partial charge in [0.25, 0.3) is 0 Å². The lowest BCUT2D eigenvalue weighted by atomic mass is 9.94. The minimum Gasteiger partial charge on any atom is -0.342 e. The summed E-state index contributed by atoms with van der Waals surface area (Å²) < 4.78 is 0. The highest BCUT2D eigenvalue weighted by Gasteiger charge is 2.23. The van der Waals surface area contributed by atoms with Crippen LogP contribution in [0.2, 0.25) is 0 Å². The monoisotopic (exact) mass is 294 g/mol. The minimum absolute atomic E-state index is 0.218. The number of amides is 1. The molecule has 3 heteroatoms. The van der Waals surface area contributed by atoms with Gasteiger partial charge in [-0.25, -0.2) is 0 Å². The number of benzene rings is 1. The molecule has 0 spiro atoms. The van der Waals surface area contributed by atoms with Crippen LogP contribution in [0.15, 0.2) is 54.9 Å². The lowest BCUT2D eigenvalue weighted by Gasteiger charge is -2.25. The smallest absolute Gasteiger partial charge is 0.227 e. The van der Waals surface area contributed by atoms with Crippen molar-refractivity contribution in [3.8, 4) is 0 Å². The van der Waals surface area contributed by atoms with E-state index in [-0.39, 0.29) is 5.91 Å². The summed E-state index contributed by atoms with van der Waals surface area (Å²) in [4.78, 5) is 18.7. The van der Waals surface area contributed by atoms with Gasteiger partial charge in [0, 0.05) is 31.4 Å². The van der Waals surface area contributed by atoms with Crippen molar-refractivity contribution in [2.75, 3.05) is 13.1 Å². The number of likely N-dealkylation sites (tertiary alicyclic amines) is 1. The van der Waals surface area contributed by atoms with Gasteiger partial charge in [0.1, 0.15) is 0 Å². The molecule has 0 saturated carbocycles. The molecule has 0 radical (unpaired) electrons. The second-order valence-electron chi connectivity index (χ2n) is 5.98. The van der Waals surface area contributed by atoms with Crippen LogP contribution in [0.1, 0.15) is 36.3 Å². The SMILES string of the molecule is O=C(Cc1cccnc1)N1CCCCC(c2ccccc2)C1. The second-order valence-corrected chi connectivity index (χ2v) is 5.98. The van der Waals surface area contributed by atoms with Crippen molar-refractivity contribution >= 4 is 5.91 Å². The molecular formula is C19H22N2O. The molecule has 3 rings (SSSR count). The molecule has 114 valence electrons. The molecular weight excluding hydrogens is 272 g/mol. The molecule has 0 bridgehead atoms.